The summed E-state index contributed by atoms with van der Waals surface area (Å²) < 4.78 is 0. The Morgan fingerprint density at radius 1 is 1.35 bits per heavy atom. The SMILES string of the molecule is CN(CC(N)=O)C(=O)C(C)(C)N1CCNCC1. The topological polar surface area (TPSA) is 78.7 Å². The maximum atomic E-state index is 12.3. The van der Waals surface area contributed by atoms with Crippen LogP contribution in [0.25, 0.3) is 0 Å². The molecule has 0 bridgehead atoms. The summed E-state index contributed by atoms with van der Waals surface area (Å²) in [6.45, 7) is 7.18. The van der Waals surface area contributed by atoms with Gasteiger partial charge in [-0.3, -0.25) is 14.5 Å². The number of likely N-dealkylation sites (N-methyl/N-ethyl adjacent to an activating group) is 1. The number of piperazine rings is 1. The van der Waals surface area contributed by atoms with Crippen molar-refractivity contribution in [1.82, 2.24) is 15.1 Å². The number of hydrogen-bond donors (Lipinski definition) is 2. The Labute approximate surface area is 102 Å². The Morgan fingerprint density at radius 2 is 1.88 bits per heavy atom. The normalized spacial score (nSPS) is 17.8. The van der Waals surface area contributed by atoms with Crippen LogP contribution in [-0.2, 0) is 9.59 Å². The average Bonchev–Trinajstić information content (AvgIpc) is 2.28. The summed E-state index contributed by atoms with van der Waals surface area (Å²) in [6, 6.07) is 0. The first-order valence-electron chi connectivity index (χ1n) is 5.85. The number of rotatable bonds is 4. The fourth-order valence-electron chi connectivity index (χ4n) is 2.13. The second-order valence-electron chi connectivity index (χ2n) is 4.92. The Hall–Kier alpha value is -1.14. The van der Waals surface area contributed by atoms with Crippen LogP contribution in [0, 0.1) is 0 Å². The third-order valence-electron chi connectivity index (χ3n) is 3.17. The van der Waals surface area contributed by atoms with E-state index in [2.05, 4.69) is 10.2 Å². The van der Waals surface area contributed by atoms with Crippen LogP contribution in [0.1, 0.15) is 13.8 Å². The minimum absolute atomic E-state index is 0.0334. The number of carbonyl (C=O) groups excluding carboxylic acids is 2. The molecule has 0 unspecified atom stereocenters. The van der Waals surface area contributed by atoms with E-state index in [1.54, 1.807) is 7.05 Å². The Morgan fingerprint density at radius 3 is 2.35 bits per heavy atom. The van der Waals surface area contributed by atoms with Gasteiger partial charge in [0.15, 0.2) is 0 Å². The standard InChI is InChI=1S/C11H22N4O2/c1-11(2,15-6-4-13-5-7-15)10(17)14(3)8-9(12)16/h13H,4-8H2,1-3H3,(H2,12,16). The van der Waals surface area contributed by atoms with Crippen molar-refractivity contribution < 1.29 is 9.59 Å². The quantitative estimate of drug-likeness (QED) is 0.636. The minimum atomic E-state index is -0.591. The molecule has 1 aliphatic rings. The smallest absolute Gasteiger partial charge is 0.242 e. The van der Waals surface area contributed by atoms with Crippen molar-refractivity contribution >= 4 is 11.8 Å². The zero-order chi connectivity index (χ0) is 13.1. The molecule has 1 heterocycles. The summed E-state index contributed by atoms with van der Waals surface area (Å²) in [5.74, 6) is -0.560. The van der Waals surface area contributed by atoms with Crippen LogP contribution in [0.15, 0.2) is 0 Å². The maximum Gasteiger partial charge on any atom is 0.242 e. The van der Waals surface area contributed by atoms with E-state index in [1.807, 2.05) is 13.8 Å². The first kappa shape index (κ1) is 13.9. The highest BCUT2D eigenvalue weighted by molar-refractivity contribution is 5.89. The van der Waals surface area contributed by atoms with Crippen LogP contribution in [-0.4, -0.2) is 66.9 Å². The van der Waals surface area contributed by atoms with Crippen LogP contribution >= 0.6 is 0 Å². The molecule has 3 N–H and O–H groups in total. The van der Waals surface area contributed by atoms with Gasteiger partial charge in [0.2, 0.25) is 11.8 Å². The largest absolute Gasteiger partial charge is 0.368 e. The predicted octanol–water partition coefficient (Wildman–Crippen LogP) is -1.39. The molecule has 1 fully saturated rings. The van der Waals surface area contributed by atoms with Crippen LogP contribution in [0.2, 0.25) is 0 Å². The lowest BCUT2D eigenvalue weighted by Gasteiger charge is -2.41. The van der Waals surface area contributed by atoms with E-state index in [0.29, 0.717) is 0 Å². The van der Waals surface area contributed by atoms with Crippen LogP contribution in [0.4, 0.5) is 0 Å². The highest BCUT2D eigenvalue weighted by Crippen LogP contribution is 2.17. The molecular formula is C11H22N4O2. The van der Waals surface area contributed by atoms with Crippen molar-refractivity contribution in [3.8, 4) is 0 Å². The van der Waals surface area contributed by atoms with E-state index in [-0.39, 0.29) is 12.5 Å². The molecular weight excluding hydrogens is 220 g/mol. The number of primary amides is 1. The summed E-state index contributed by atoms with van der Waals surface area (Å²) in [4.78, 5) is 26.6. The van der Waals surface area contributed by atoms with E-state index in [4.69, 9.17) is 5.73 Å². The van der Waals surface area contributed by atoms with Crippen molar-refractivity contribution in [3.63, 3.8) is 0 Å². The molecule has 0 aromatic carbocycles. The second-order valence-corrected chi connectivity index (χ2v) is 4.92. The molecule has 0 radical (unpaired) electrons. The third kappa shape index (κ3) is 3.41. The summed E-state index contributed by atoms with van der Waals surface area (Å²) in [5.41, 5.74) is 4.51. The monoisotopic (exact) mass is 242 g/mol. The summed E-state index contributed by atoms with van der Waals surface area (Å²) >= 11 is 0. The van der Waals surface area contributed by atoms with Crippen LogP contribution < -0.4 is 11.1 Å². The van der Waals surface area contributed by atoms with Gasteiger partial charge in [-0.1, -0.05) is 0 Å². The molecule has 1 saturated heterocycles. The van der Waals surface area contributed by atoms with Crippen LogP contribution in [0.3, 0.4) is 0 Å². The number of carbonyl (C=O) groups is 2. The van der Waals surface area contributed by atoms with Crippen LogP contribution in [0.5, 0.6) is 0 Å². The average molecular weight is 242 g/mol. The molecule has 98 valence electrons. The van der Waals surface area contributed by atoms with Gasteiger partial charge in [-0.25, -0.2) is 0 Å². The second kappa shape index (κ2) is 5.46. The van der Waals surface area contributed by atoms with Gasteiger partial charge in [-0.15, -0.1) is 0 Å². The molecule has 0 spiro atoms. The molecule has 6 heteroatoms. The molecule has 0 saturated carbocycles. The molecule has 0 aromatic heterocycles. The van der Waals surface area contributed by atoms with Crippen molar-refractivity contribution in [1.29, 1.82) is 0 Å². The van der Waals surface area contributed by atoms with Gasteiger partial charge < -0.3 is 16.0 Å². The van der Waals surface area contributed by atoms with Crippen molar-refractivity contribution in [3.05, 3.63) is 0 Å². The highest BCUT2D eigenvalue weighted by atomic mass is 16.2. The lowest BCUT2D eigenvalue weighted by Crippen LogP contribution is -2.60. The molecule has 2 amide bonds. The molecule has 1 rings (SSSR count). The molecule has 17 heavy (non-hydrogen) atoms. The summed E-state index contributed by atoms with van der Waals surface area (Å²) in [6.07, 6.45) is 0. The number of amides is 2. The van der Waals surface area contributed by atoms with Gasteiger partial charge in [0.25, 0.3) is 0 Å². The first-order valence-corrected chi connectivity index (χ1v) is 5.85. The fourth-order valence-corrected chi connectivity index (χ4v) is 2.13. The number of nitrogens with two attached hydrogens (primary N) is 1. The highest BCUT2D eigenvalue weighted by Gasteiger charge is 2.37. The van der Waals surface area contributed by atoms with Gasteiger partial charge in [0.1, 0.15) is 0 Å². The van der Waals surface area contributed by atoms with Crippen molar-refractivity contribution in [2.24, 2.45) is 5.73 Å². The lowest BCUT2D eigenvalue weighted by molar-refractivity contribution is -0.144. The van der Waals surface area contributed by atoms with E-state index in [1.165, 1.54) is 4.90 Å². The molecule has 0 aromatic rings. The maximum absolute atomic E-state index is 12.3. The zero-order valence-electron chi connectivity index (χ0n) is 10.8. The number of hydrogen-bond acceptors (Lipinski definition) is 4. The fraction of sp³-hybridized carbons (Fsp3) is 0.818. The molecule has 0 atom stereocenters. The molecule has 1 aliphatic heterocycles. The van der Waals surface area contributed by atoms with E-state index in [0.717, 1.165) is 26.2 Å². The zero-order valence-corrected chi connectivity index (χ0v) is 10.8. The molecule has 0 aliphatic carbocycles. The number of nitrogens with one attached hydrogen (secondary N) is 1. The third-order valence-corrected chi connectivity index (χ3v) is 3.17. The van der Waals surface area contributed by atoms with Crippen molar-refractivity contribution in [2.45, 2.75) is 19.4 Å². The lowest BCUT2D eigenvalue weighted by atomic mass is 9.99. The van der Waals surface area contributed by atoms with Gasteiger partial charge in [-0.2, -0.15) is 0 Å². The van der Waals surface area contributed by atoms with Gasteiger partial charge in [0.05, 0.1) is 12.1 Å². The Balaban J connectivity index is 2.67. The van der Waals surface area contributed by atoms with Gasteiger partial charge >= 0.3 is 0 Å². The first-order chi connectivity index (χ1) is 7.85. The Kier molecular flexibility index (Phi) is 4.47. The van der Waals surface area contributed by atoms with E-state index >= 15 is 0 Å². The van der Waals surface area contributed by atoms with Gasteiger partial charge in [0, 0.05) is 33.2 Å². The predicted molar refractivity (Wildman–Crippen MR) is 65.4 cm³/mol. The summed E-state index contributed by atoms with van der Waals surface area (Å²) in [7, 11) is 1.61. The minimum Gasteiger partial charge on any atom is -0.368 e. The van der Waals surface area contributed by atoms with Gasteiger partial charge in [-0.05, 0) is 13.8 Å². The number of nitrogens with zero attached hydrogens (tertiary/aromatic N) is 2. The van der Waals surface area contributed by atoms with E-state index in [9.17, 15) is 9.59 Å². The van der Waals surface area contributed by atoms with E-state index < -0.39 is 11.4 Å². The Bertz CT molecular complexity index is 298. The van der Waals surface area contributed by atoms with Crippen molar-refractivity contribution in [2.75, 3.05) is 39.8 Å². The summed E-state index contributed by atoms with van der Waals surface area (Å²) in [5, 5.41) is 3.25. The molecule has 6 nitrogen and oxygen atoms in total.